The number of aryl methyl sites for hydroxylation is 1. The summed E-state index contributed by atoms with van der Waals surface area (Å²) in [5.74, 6) is -0.929. The standard InChI is InChI=1S/C36H39N6O9/c1-21-29-31(25-19-23(50-3)7-9-27(25)37-21)35(45)38(33(29)43)11-5-13-41(48)15-17-42(49,18-16-41)14-6-12-39-34(44)30-22(2)40(47)28-10-8-24(51-4)20-26(28)32(30)36(39)46/h7-10,19-20,22H,5-6,11-18H2,1-4H3/q+1. The van der Waals surface area contributed by atoms with Crippen LogP contribution in [-0.4, -0.2) is 125 Å². The summed E-state index contributed by atoms with van der Waals surface area (Å²) in [6.07, 6.45) is 0.502. The SMILES string of the molecule is COc1ccc2c(c1)C1=C(C(=O)N(CCC[N+]3([O-])CC[N+]([O-])(CCCN4C(=O)c5c(C)nc6ccc(OC)cc6c5C4=O)CC3)C1=O)C(C)[N+]2=O. The zero-order chi connectivity index (χ0) is 36.4. The number of hydrogen-bond acceptors (Lipinski definition) is 10. The van der Waals surface area contributed by atoms with Crippen LogP contribution >= 0.6 is 0 Å². The van der Waals surface area contributed by atoms with Crippen molar-refractivity contribution in [1.29, 1.82) is 0 Å². The molecule has 5 heterocycles. The van der Waals surface area contributed by atoms with Crippen LogP contribution in [0.15, 0.2) is 42.0 Å². The van der Waals surface area contributed by atoms with E-state index in [1.54, 1.807) is 50.2 Å². The van der Waals surface area contributed by atoms with Crippen LogP contribution in [-0.2, 0) is 9.59 Å². The largest absolute Gasteiger partial charge is 0.632 e. The fourth-order valence-corrected chi connectivity index (χ4v) is 7.78. The van der Waals surface area contributed by atoms with Gasteiger partial charge in [0.05, 0.1) is 60.8 Å². The molecule has 1 aromatic heterocycles. The molecule has 15 heteroatoms. The van der Waals surface area contributed by atoms with Crippen LogP contribution in [0.4, 0.5) is 5.69 Å². The molecule has 4 amide bonds. The Labute approximate surface area is 293 Å². The molecule has 0 saturated carbocycles. The molecule has 0 N–H and O–H groups in total. The van der Waals surface area contributed by atoms with Crippen molar-refractivity contribution in [2.45, 2.75) is 32.7 Å². The third kappa shape index (κ3) is 5.66. The minimum absolute atomic E-state index is 0.00645. The predicted octanol–water partition coefficient (Wildman–Crippen LogP) is 3.21. The van der Waals surface area contributed by atoms with Crippen molar-refractivity contribution in [3.05, 3.63) is 79.7 Å². The highest BCUT2D eigenvalue weighted by Gasteiger charge is 2.51. The molecule has 1 unspecified atom stereocenters. The van der Waals surface area contributed by atoms with Gasteiger partial charge in [0, 0.05) is 54.0 Å². The third-order valence-electron chi connectivity index (χ3n) is 10.7. The van der Waals surface area contributed by atoms with Gasteiger partial charge in [-0.2, -0.15) is 0 Å². The average molecular weight is 700 g/mol. The Kier molecular flexibility index (Phi) is 8.49. The first-order chi connectivity index (χ1) is 24.3. The first-order valence-electron chi connectivity index (χ1n) is 17.0. The fourth-order valence-electron chi connectivity index (χ4n) is 7.78. The minimum atomic E-state index is -0.854. The molecule has 1 fully saturated rings. The van der Waals surface area contributed by atoms with Crippen LogP contribution in [0.2, 0.25) is 0 Å². The molecule has 0 radical (unpaired) electrons. The van der Waals surface area contributed by atoms with Crippen LogP contribution in [0.25, 0.3) is 16.5 Å². The Bertz CT molecular complexity index is 2070. The van der Waals surface area contributed by atoms with Gasteiger partial charge in [0.15, 0.2) is 0 Å². The molecular formula is C36H39N6O9+. The van der Waals surface area contributed by atoms with Crippen LogP contribution in [0.5, 0.6) is 11.5 Å². The van der Waals surface area contributed by atoms with Gasteiger partial charge in [0.2, 0.25) is 6.04 Å². The zero-order valence-electron chi connectivity index (χ0n) is 29.0. The molecule has 3 aromatic rings. The number of rotatable bonds is 10. The van der Waals surface area contributed by atoms with Crippen LogP contribution in [0.3, 0.4) is 0 Å². The number of piperazine rings is 1. The van der Waals surface area contributed by atoms with E-state index in [-0.39, 0.29) is 87.6 Å². The smallest absolute Gasteiger partial charge is 0.265 e. The number of benzene rings is 2. The number of nitroso groups, excluding NO2 is 1. The molecule has 0 bridgehead atoms. The van der Waals surface area contributed by atoms with Gasteiger partial charge in [-0.3, -0.25) is 34.0 Å². The Hall–Kier alpha value is -5.09. The van der Waals surface area contributed by atoms with E-state index in [1.807, 2.05) is 0 Å². The molecule has 4 aliphatic rings. The number of pyridine rings is 1. The van der Waals surface area contributed by atoms with Crippen molar-refractivity contribution in [3.63, 3.8) is 0 Å². The molecular weight excluding hydrogens is 660 g/mol. The van der Waals surface area contributed by atoms with Crippen molar-refractivity contribution in [3.8, 4) is 11.5 Å². The first kappa shape index (κ1) is 34.4. The minimum Gasteiger partial charge on any atom is -0.632 e. The number of nitrogens with zero attached hydrogens (tertiary/aromatic N) is 6. The number of hydrogen-bond donors (Lipinski definition) is 0. The van der Waals surface area contributed by atoms with Crippen molar-refractivity contribution in [1.82, 2.24) is 14.8 Å². The van der Waals surface area contributed by atoms with Gasteiger partial charge >= 0.3 is 0 Å². The number of hydroxylamine groups is 6. The van der Waals surface area contributed by atoms with Gasteiger partial charge in [0.1, 0.15) is 43.3 Å². The van der Waals surface area contributed by atoms with Crippen LogP contribution < -0.4 is 9.47 Å². The van der Waals surface area contributed by atoms with Crippen molar-refractivity contribution in [2.24, 2.45) is 0 Å². The Morgan fingerprint density at radius 1 is 0.804 bits per heavy atom. The van der Waals surface area contributed by atoms with Crippen molar-refractivity contribution in [2.75, 3.05) is 66.6 Å². The zero-order valence-corrected chi connectivity index (χ0v) is 29.0. The number of imide groups is 2. The second kappa shape index (κ2) is 12.6. The van der Waals surface area contributed by atoms with Crippen molar-refractivity contribution < 1.29 is 42.7 Å². The average Bonchev–Trinajstić information content (AvgIpc) is 3.53. The van der Waals surface area contributed by atoms with Crippen molar-refractivity contribution >= 4 is 45.8 Å². The molecule has 266 valence electrons. The Morgan fingerprint density at radius 3 is 1.96 bits per heavy atom. The number of aromatic nitrogens is 1. The normalized spacial score (nSPS) is 24.4. The molecule has 2 aromatic carbocycles. The Balaban J connectivity index is 0.933. The number of ether oxygens (including phenoxy) is 2. The van der Waals surface area contributed by atoms with Gasteiger partial charge in [-0.1, -0.05) is 0 Å². The van der Waals surface area contributed by atoms with Gasteiger partial charge in [-0.05, 0) is 37.3 Å². The number of fused-ring (bicyclic) bond motifs is 5. The molecule has 51 heavy (non-hydrogen) atoms. The molecule has 7 rings (SSSR count). The lowest BCUT2D eigenvalue weighted by molar-refractivity contribution is -0.989. The van der Waals surface area contributed by atoms with E-state index < -0.39 is 39.0 Å². The summed E-state index contributed by atoms with van der Waals surface area (Å²) in [6.45, 7) is 3.82. The molecule has 4 aliphatic heterocycles. The van der Waals surface area contributed by atoms with Gasteiger partial charge in [0.25, 0.3) is 29.3 Å². The van der Waals surface area contributed by atoms with E-state index in [0.717, 1.165) is 9.66 Å². The number of methoxy groups -OCH3 is 2. The molecule has 15 nitrogen and oxygen atoms in total. The van der Waals surface area contributed by atoms with E-state index in [2.05, 4.69) is 4.98 Å². The van der Waals surface area contributed by atoms with E-state index in [9.17, 15) is 34.5 Å². The van der Waals surface area contributed by atoms with E-state index >= 15 is 0 Å². The Morgan fingerprint density at radius 2 is 1.35 bits per heavy atom. The maximum absolute atomic E-state index is 13.6. The second-order valence-electron chi connectivity index (χ2n) is 13.7. The summed E-state index contributed by atoms with van der Waals surface area (Å²) >= 11 is 0. The topological polar surface area (TPSA) is 172 Å². The highest BCUT2D eigenvalue weighted by Crippen LogP contribution is 2.43. The van der Waals surface area contributed by atoms with Gasteiger partial charge in [-0.15, -0.1) is 0 Å². The maximum Gasteiger partial charge on any atom is 0.265 e. The van der Waals surface area contributed by atoms with Gasteiger partial charge in [-0.25, -0.2) is 0 Å². The summed E-state index contributed by atoms with van der Waals surface area (Å²) in [5, 5.41) is 27.8. The lowest BCUT2D eigenvalue weighted by Gasteiger charge is -2.54. The van der Waals surface area contributed by atoms with Gasteiger partial charge < -0.3 is 29.2 Å². The maximum atomic E-state index is 13.6. The predicted molar refractivity (Wildman–Crippen MR) is 183 cm³/mol. The monoisotopic (exact) mass is 699 g/mol. The lowest BCUT2D eigenvalue weighted by atomic mass is 9.91. The number of carbonyl (C=O) groups is 4. The van der Waals surface area contributed by atoms with Crippen LogP contribution in [0, 0.1) is 22.2 Å². The summed E-state index contributed by atoms with van der Waals surface area (Å²) in [6, 6.07) is 9.09. The second-order valence-corrected chi connectivity index (χ2v) is 13.7. The van der Waals surface area contributed by atoms with E-state index in [4.69, 9.17) is 9.47 Å². The molecule has 1 atom stereocenters. The fraction of sp³-hybridized carbons (Fsp3) is 0.417. The summed E-state index contributed by atoms with van der Waals surface area (Å²) in [7, 11) is 2.99. The number of quaternary nitrogens is 2. The molecule has 1 saturated heterocycles. The quantitative estimate of drug-likeness (QED) is 0.132. The summed E-state index contributed by atoms with van der Waals surface area (Å²) in [4.78, 5) is 73.5. The molecule has 0 spiro atoms. The summed E-state index contributed by atoms with van der Waals surface area (Å²) in [5.41, 5.74) is 2.54. The number of carbonyl (C=O) groups excluding carboxylic acids is 4. The number of amides is 4. The highest BCUT2D eigenvalue weighted by molar-refractivity contribution is 6.37. The van der Waals surface area contributed by atoms with Crippen LogP contribution in [0.1, 0.15) is 51.7 Å². The summed E-state index contributed by atoms with van der Waals surface area (Å²) < 4.78 is 10.1. The third-order valence-corrected chi connectivity index (χ3v) is 10.7. The first-order valence-corrected chi connectivity index (χ1v) is 17.0. The molecule has 0 aliphatic carbocycles. The highest BCUT2D eigenvalue weighted by atomic mass is 16.6. The lowest BCUT2D eigenvalue weighted by Crippen LogP contribution is -2.63. The van der Waals surface area contributed by atoms with E-state index in [0.29, 0.717) is 39.2 Å². The van der Waals surface area contributed by atoms with E-state index in [1.165, 1.54) is 19.1 Å².